The van der Waals surface area contributed by atoms with Gasteiger partial charge in [0.2, 0.25) is 18.2 Å². The van der Waals surface area contributed by atoms with E-state index in [2.05, 4.69) is 9.68 Å². The number of nitrogens with zero attached hydrogens (tertiary/aromatic N) is 2. The molecule has 0 aromatic carbocycles. The average Bonchev–Trinajstić information content (AvgIpc) is 2.71. The van der Waals surface area contributed by atoms with Crippen LogP contribution in [0.5, 0.6) is 11.8 Å². The van der Waals surface area contributed by atoms with Crippen molar-refractivity contribution in [3.8, 4) is 11.8 Å². The van der Waals surface area contributed by atoms with E-state index in [1.54, 1.807) is 6.92 Å². The first-order chi connectivity index (χ1) is 9.49. The third-order valence-electron chi connectivity index (χ3n) is 2.12. The standard InChI is InChI=1S/C11H14N2O7/c1-2-3-8(15)12(7-14)19-6-11(18)20-13-9(16)4-5-10(13)17/h4-5,7,16-17H,2-3,6H2,1H3. The molecular formula is C11H14N2O7. The number of rotatable bonds is 7. The lowest BCUT2D eigenvalue weighted by Gasteiger charge is -2.14. The van der Waals surface area contributed by atoms with Gasteiger partial charge in [0.1, 0.15) is 0 Å². The maximum Gasteiger partial charge on any atom is 0.361 e. The van der Waals surface area contributed by atoms with E-state index in [-0.39, 0.29) is 12.8 Å². The Kier molecular flexibility index (Phi) is 5.54. The van der Waals surface area contributed by atoms with Gasteiger partial charge in [0, 0.05) is 18.6 Å². The second-order valence-electron chi connectivity index (χ2n) is 3.66. The summed E-state index contributed by atoms with van der Waals surface area (Å²) in [7, 11) is 0. The molecule has 0 aliphatic rings. The number of imide groups is 1. The van der Waals surface area contributed by atoms with E-state index in [0.29, 0.717) is 16.2 Å². The van der Waals surface area contributed by atoms with E-state index in [0.717, 1.165) is 12.1 Å². The van der Waals surface area contributed by atoms with Crippen LogP contribution in [0.1, 0.15) is 19.8 Å². The van der Waals surface area contributed by atoms with Crippen molar-refractivity contribution in [1.29, 1.82) is 0 Å². The van der Waals surface area contributed by atoms with Gasteiger partial charge in [-0.2, -0.15) is 5.06 Å². The fourth-order valence-corrected chi connectivity index (χ4v) is 1.23. The van der Waals surface area contributed by atoms with E-state index in [9.17, 15) is 24.6 Å². The van der Waals surface area contributed by atoms with Gasteiger partial charge in [-0.15, -0.1) is 4.73 Å². The van der Waals surface area contributed by atoms with Crippen LogP contribution in [0.15, 0.2) is 12.1 Å². The zero-order valence-corrected chi connectivity index (χ0v) is 10.7. The topological polar surface area (TPSA) is 118 Å². The Morgan fingerprint density at radius 3 is 2.45 bits per heavy atom. The Morgan fingerprint density at radius 2 is 1.95 bits per heavy atom. The fourth-order valence-electron chi connectivity index (χ4n) is 1.23. The first kappa shape index (κ1) is 15.5. The molecule has 2 amide bonds. The normalized spacial score (nSPS) is 10.1. The van der Waals surface area contributed by atoms with E-state index in [1.807, 2.05) is 0 Å². The molecule has 1 heterocycles. The van der Waals surface area contributed by atoms with Gasteiger partial charge in [-0.1, -0.05) is 6.92 Å². The Hall–Kier alpha value is -2.55. The summed E-state index contributed by atoms with van der Waals surface area (Å²) in [5, 5.41) is 18.8. The number of carbonyl (C=O) groups is 3. The number of aromatic hydroxyl groups is 2. The van der Waals surface area contributed by atoms with Crippen LogP contribution in [-0.4, -0.2) is 44.9 Å². The number of hydroxylamine groups is 2. The Labute approximate surface area is 113 Å². The summed E-state index contributed by atoms with van der Waals surface area (Å²) in [5.74, 6) is -2.61. The van der Waals surface area contributed by atoms with Gasteiger partial charge in [-0.05, 0) is 6.42 Å². The Morgan fingerprint density at radius 1 is 1.35 bits per heavy atom. The molecule has 110 valence electrons. The van der Waals surface area contributed by atoms with Gasteiger partial charge >= 0.3 is 5.97 Å². The highest BCUT2D eigenvalue weighted by molar-refractivity contribution is 5.84. The molecule has 9 nitrogen and oxygen atoms in total. The smallest absolute Gasteiger partial charge is 0.361 e. The van der Waals surface area contributed by atoms with Crippen LogP contribution in [0.4, 0.5) is 0 Å². The number of amides is 2. The zero-order valence-electron chi connectivity index (χ0n) is 10.7. The summed E-state index contributed by atoms with van der Waals surface area (Å²) in [6, 6.07) is 2.21. The second kappa shape index (κ2) is 7.14. The lowest BCUT2D eigenvalue weighted by atomic mass is 10.3. The Balaban J connectivity index is 2.50. The molecule has 20 heavy (non-hydrogen) atoms. The lowest BCUT2D eigenvalue weighted by Crippen LogP contribution is -2.34. The molecule has 9 heteroatoms. The molecule has 0 saturated carbocycles. The molecule has 0 saturated heterocycles. The van der Waals surface area contributed by atoms with Crippen LogP contribution in [-0.2, 0) is 19.2 Å². The van der Waals surface area contributed by atoms with Crippen molar-refractivity contribution in [1.82, 2.24) is 9.79 Å². The maximum absolute atomic E-state index is 11.4. The summed E-state index contributed by atoms with van der Waals surface area (Å²) in [6.45, 7) is 0.998. The predicted molar refractivity (Wildman–Crippen MR) is 63.1 cm³/mol. The van der Waals surface area contributed by atoms with Crippen molar-refractivity contribution in [2.24, 2.45) is 0 Å². The molecule has 2 N–H and O–H groups in total. The fraction of sp³-hybridized carbons (Fsp3) is 0.364. The highest BCUT2D eigenvalue weighted by atomic mass is 16.7. The molecule has 1 aromatic rings. The van der Waals surface area contributed by atoms with Gasteiger partial charge in [0.25, 0.3) is 5.91 Å². The number of aromatic nitrogens is 1. The summed E-state index contributed by atoms with van der Waals surface area (Å²) in [6.07, 6.45) is 0.741. The largest absolute Gasteiger partial charge is 0.492 e. The lowest BCUT2D eigenvalue weighted by molar-refractivity contribution is -0.193. The molecule has 0 aliphatic carbocycles. The third kappa shape index (κ3) is 3.99. The minimum Gasteiger partial charge on any atom is -0.492 e. The van der Waals surface area contributed by atoms with Crippen LogP contribution in [0, 0.1) is 0 Å². The summed E-state index contributed by atoms with van der Waals surface area (Å²) in [5.41, 5.74) is 0. The first-order valence-corrected chi connectivity index (χ1v) is 5.70. The van der Waals surface area contributed by atoms with Gasteiger partial charge in [0.05, 0.1) is 0 Å². The molecule has 0 spiro atoms. The average molecular weight is 286 g/mol. The molecule has 0 unspecified atom stereocenters. The van der Waals surface area contributed by atoms with Crippen LogP contribution in [0.2, 0.25) is 0 Å². The highest BCUT2D eigenvalue weighted by Crippen LogP contribution is 2.18. The molecule has 0 radical (unpaired) electrons. The van der Waals surface area contributed by atoms with Crippen molar-refractivity contribution in [2.45, 2.75) is 19.8 Å². The zero-order chi connectivity index (χ0) is 15.1. The number of hydrogen-bond acceptors (Lipinski definition) is 7. The quantitative estimate of drug-likeness (QED) is 0.515. The molecular weight excluding hydrogens is 272 g/mol. The van der Waals surface area contributed by atoms with Crippen molar-refractivity contribution in [3.05, 3.63) is 12.1 Å². The van der Waals surface area contributed by atoms with Crippen molar-refractivity contribution >= 4 is 18.3 Å². The van der Waals surface area contributed by atoms with Gasteiger partial charge < -0.3 is 15.1 Å². The van der Waals surface area contributed by atoms with Crippen LogP contribution < -0.4 is 4.84 Å². The minimum absolute atomic E-state index is 0.0902. The predicted octanol–water partition coefficient (Wildman–Crippen LogP) is -0.429. The molecule has 0 bridgehead atoms. The number of hydrogen-bond donors (Lipinski definition) is 2. The van der Waals surface area contributed by atoms with E-state index >= 15 is 0 Å². The van der Waals surface area contributed by atoms with Crippen LogP contribution in [0.25, 0.3) is 0 Å². The summed E-state index contributed by atoms with van der Waals surface area (Å²) < 4.78 is 0.463. The maximum atomic E-state index is 11.4. The Bertz CT molecular complexity index is 477. The highest BCUT2D eigenvalue weighted by Gasteiger charge is 2.17. The van der Waals surface area contributed by atoms with E-state index in [1.165, 1.54) is 0 Å². The van der Waals surface area contributed by atoms with Crippen molar-refractivity contribution in [3.63, 3.8) is 0 Å². The van der Waals surface area contributed by atoms with Gasteiger partial charge in [-0.3, -0.25) is 14.4 Å². The molecule has 0 atom stereocenters. The first-order valence-electron chi connectivity index (χ1n) is 5.70. The minimum atomic E-state index is -1.03. The van der Waals surface area contributed by atoms with Gasteiger partial charge in [0.15, 0.2) is 6.61 Å². The monoisotopic (exact) mass is 286 g/mol. The van der Waals surface area contributed by atoms with Gasteiger partial charge in [-0.25, -0.2) is 4.79 Å². The summed E-state index contributed by atoms with van der Waals surface area (Å²) >= 11 is 0. The second-order valence-corrected chi connectivity index (χ2v) is 3.66. The molecule has 0 aliphatic heterocycles. The van der Waals surface area contributed by atoms with Crippen molar-refractivity contribution < 1.29 is 34.3 Å². The van der Waals surface area contributed by atoms with E-state index < -0.39 is 30.2 Å². The van der Waals surface area contributed by atoms with E-state index in [4.69, 9.17) is 0 Å². The summed E-state index contributed by atoms with van der Waals surface area (Å²) in [4.78, 5) is 42.5. The van der Waals surface area contributed by atoms with Crippen LogP contribution >= 0.6 is 0 Å². The molecule has 1 aromatic heterocycles. The molecule has 0 fully saturated rings. The SMILES string of the molecule is CCCC(=O)N(C=O)OCC(=O)On1c(O)ccc1O. The van der Waals surface area contributed by atoms with Crippen LogP contribution in [0.3, 0.4) is 0 Å². The van der Waals surface area contributed by atoms with Crippen molar-refractivity contribution in [2.75, 3.05) is 6.61 Å². The third-order valence-corrected chi connectivity index (χ3v) is 2.12. The molecule has 1 rings (SSSR count). The number of carbonyl (C=O) groups excluding carboxylic acids is 3.